The van der Waals surface area contributed by atoms with Gasteiger partial charge < -0.3 is 20.6 Å². The normalized spacial score (nSPS) is 10.6. The number of phenols is 3. The Labute approximate surface area is 115 Å². The maximum Gasteiger partial charge on any atom is 0.248 e. The van der Waals surface area contributed by atoms with Crippen LogP contribution in [-0.2, 0) is 4.79 Å². The molecule has 0 aliphatic heterocycles. The van der Waals surface area contributed by atoms with Gasteiger partial charge in [-0.15, -0.1) is 0 Å². The molecule has 0 heterocycles. The van der Waals surface area contributed by atoms with Crippen molar-refractivity contribution in [3.8, 4) is 17.2 Å². The van der Waals surface area contributed by atoms with Gasteiger partial charge in [0.05, 0.1) is 5.69 Å². The lowest BCUT2D eigenvalue weighted by Crippen LogP contribution is -2.07. The zero-order chi connectivity index (χ0) is 14.5. The monoisotopic (exact) mass is 271 g/mol. The highest BCUT2D eigenvalue weighted by atomic mass is 16.3. The van der Waals surface area contributed by atoms with Gasteiger partial charge in [0.1, 0.15) is 5.75 Å². The molecule has 2 aromatic rings. The quantitative estimate of drug-likeness (QED) is 0.510. The molecule has 0 radical (unpaired) electrons. The third-order valence-corrected chi connectivity index (χ3v) is 2.59. The first-order valence-corrected chi connectivity index (χ1v) is 5.85. The minimum atomic E-state index is -0.418. The van der Waals surface area contributed by atoms with Crippen molar-refractivity contribution in [2.24, 2.45) is 0 Å². The van der Waals surface area contributed by atoms with E-state index >= 15 is 0 Å². The third kappa shape index (κ3) is 3.29. The molecule has 0 saturated carbocycles. The van der Waals surface area contributed by atoms with Gasteiger partial charge in [-0.2, -0.15) is 0 Å². The van der Waals surface area contributed by atoms with E-state index < -0.39 is 5.91 Å². The summed E-state index contributed by atoms with van der Waals surface area (Å²) in [5, 5.41) is 30.5. The summed E-state index contributed by atoms with van der Waals surface area (Å²) in [6.45, 7) is 0. The van der Waals surface area contributed by atoms with Crippen LogP contribution in [0.15, 0.2) is 48.5 Å². The molecule has 4 N–H and O–H groups in total. The molecule has 0 saturated heterocycles. The second-order valence-electron chi connectivity index (χ2n) is 4.09. The zero-order valence-electron chi connectivity index (χ0n) is 10.4. The number of nitrogens with one attached hydrogen (secondary N) is 1. The molecule has 0 aliphatic rings. The summed E-state index contributed by atoms with van der Waals surface area (Å²) in [4.78, 5) is 11.7. The average Bonchev–Trinajstić information content (AvgIpc) is 2.43. The summed E-state index contributed by atoms with van der Waals surface area (Å²) >= 11 is 0. The number of amides is 1. The highest BCUT2D eigenvalue weighted by molar-refractivity contribution is 6.02. The van der Waals surface area contributed by atoms with Crippen LogP contribution in [0, 0.1) is 0 Å². The molecule has 102 valence electrons. The minimum Gasteiger partial charge on any atom is -0.506 e. The Bertz CT molecular complexity index is 665. The van der Waals surface area contributed by atoms with Crippen LogP contribution >= 0.6 is 0 Å². The van der Waals surface area contributed by atoms with Gasteiger partial charge in [-0.05, 0) is 35.9 Å². The Morgan fingerprint density at radius 1 is 0.950 bits per heavy atom. The first-order valence-electron chi connectivity index (χ1n) is 5.85. The van der Waals surface area contributed by atoms with E-state index in [1.165, 1.54) is 30.4 Å². The van der Waals surface area contributed by atoms with Crippen LogP contribution in [0.1, 0.15) is 5.56 Å². The van der Waals surface area contributed by atoms with Crippen molar-refractivity contribution < 1.29 is 20.1 Å². The van der Waals surface area contributed by atoms with Crippen LogP contribution in [0.4, 0.5) is 5.69 Å². The van der Waals surface area contributed by atoms with Gasteiger partial charge in [-0.1, -0.05) is 18.2 Å². The predicted octanol–water partition coefficient (Wildman–Crippen LogP) is 2.46. The first-order chi connectivity index (χ1) is 9.56. The number of anilines is 1. The summed E-state index contributed by atoms with van der Waals surface area (Å²) in [7, 11) is 0. The summed E-state index contributed by atoms with van der Waals surface area (Å²) in [5.41, 5.74) is 0.878. The Balaban J connectivity index is 2.06. The fourth-order valence-corrected chi connectivity index (χ4v) is 1.57. The number of para-hydroxylation sites is 2. The number of benzene rings is 2. The number of hydrogen-bond acceptors (Lipinski definition) is 4. The first kappa shape index (κ1) is 13.5. The largest absolute Gasteiger partial charge is 0.506 e. The number of carbonyl (C=O) groups excluding carboxylic acids is 1. The fraction of sp³-hybridized carbons (Fsp3) is 0. The van der Waals surface area contributed by atoms with E-state index in [2.05, 4.69) is 5.32 Å². The van der Waals surface area contributed by atoms with Crippen LogP contribution in [0.3, 0.4) is 0 Å². The number of carbonyl (C=O) groups is 1. The smallest absolute Gasteiger partial charge is 0.248 e. The number of phenolic OH excluding ortho intramolecular Hbond substituents is 3. The van der Waals surface area contributed by atoms with Crippen LogP contribution in [0.2, 0.25) is 0 Å². The lowest BCUT2D eigenvalue weighted by molar-refractivity contribution is -0.111. The van der Waals surface area contributed by atoms with Crippen LogP contribution in [-0.4, -0.2) is 21.2 Å². The molecule has 0 aliphatic carbocycles. The molecule has 0 aromatic heterocycles. The average molecular weight is 271 g/mol. The fourth-order valence-electron chi connectivity index (χ4n) is 1.57. The number of rotatable bonds is 3. The van der Waals surface area contributed by atoms with Gasteiger partial charge >= 0.3 is 0 Å². The van der Waals surface area contributed by atoms with Crippen molar-refractivity contribution in [2.75, 3.05) is 5.32 Å². The van der Waals surface area contributed by atoms with Crippen molar-refractivity contribution in [1.29, 1.82) is 0 Å². The van der Waals surface area contributed by atoms with Crippen molar-refractivity contribution >= 4 is 17.7 Å². The van der Waals surface area contributed by atoms with Crippen molar-refractivity contribution in [1.82, 2.24) is 0 Å². The Kier molecular flexibility index (Phi) is 3.91. The van der Waals surface area contributed by atoms with Gasteiger partial charge in [0.25, 0.3) is 0 Å². The van der Waals surface area contributed by atoms with Crippen LogP contribution < -0.4 is 5.32 Å². The highest BCUT2D eigenvalue weighted by Crippen LogP contribution is 2.25. The van der Waals surface area contributed by atoms with E-state index in [9.17, 15) is 15.0 Å². The molecule has 0 fully saturated rings. The summed E-state index contributed by atoms with van der Waals surface area (Å²) < 4.78 is 0. The van der Waals surface area contributed by atoms with E-state index in [-0.39, 0.29) is 17.2 Å². The van der Waals surface area contributed by atoms with E-state index in [0.717, 1.165) is 0 Å². The van der Waals surface area contributed by atoms with Crippen molar-refractivity contribution in [3.63, 3.8) is 0 Å². The molecule has 0 bridgehead atoms. The highest BCUT2D eigenvalue weighted by Gasteiger charge is 2.03. The summed E-state index contributed by atoms with van der Waals surface area (Å²) in [5.74, 6) is -0.912. The van der Waals surface area contributed by atoms with Gasteiger partial charge in [-0.25, -0.2) is 0 Å². The molecular formula is C15H13NO4. The molecule has 0 unspecified atom stereocenters. The van der Waals surface area contributed by atoms with Gasteiger partial charge in [0.2, 0.25) is 5.91 Å². The molecule has 5 heteroatoms. The molecule has 0 atom stereocenters. The lowest BCUT2D eigenvalue weighted by Gasteiger charge is -2.04. The molecule has 20 heavy (non-hydrogen) atoms. The maximum absolute atomic E-state index is 11.7. The van der Waals surface area contributed by atoms with Gasteiger partial charge in [0.15, 0.2) is 11.5 Å². The Morgan fingerprint density at radius 2 is 1.70 bits per heavy atom. The molecular weight excluding hydrogens is 258 g/mol. The second-order valence-corrected chi connectivity index (χ2v) is 4.09. The molecule has 5 nitrogen and oxygen atoms in total. The summed E-state index contributed by atoms with van der Waals surface area (Å²) in [6.07, 6.45) is 2.74. The van der Waals surface area contributed by atoms with Crippen LogP contribution in [0.5, 0.6) is 17.2 Å². The van der Waals surface area contributed by atoms with Crippen LogP contribution in [0.25, 0.3) is 6.08 Å². The maximum atomic E-state index is 11.7. The third-order valence-electron chi connectivity index (χ3n) is 2.59. The predicted molar refractivity (Wildman–Crippen MR) is 75.5 cm³/mol. The molecule has 2 aromatic carbocycles. The standard InChI is InChI=1S/C15H13NO4/c17-12-4-2-1-3-11(12)16-15(20)8-6-10-5-7-13(18)14(19)9-10/h1-9,17-19H,(H,16,20). The lowest BCUT2D eigenvalue weighted by atomic mass is 10.2. The number of hydrogen-bond donors (Lipinski definition) is 4. The van der Waals surface area contributed by atoms with E-state index in [0.29, 0.717) is 11.3 Å². The second kappa shape index (κ2) is 5.79. The summed E-state index contributed by atoms with van der Waals surface area (Å²) in [6, 6.07) is 10.6. The van der Waals surface area contributed by atoms with Crippen molar-refractivity contribution in [2.45, 2.75) is 0 Å². The Hall–Kier alpha value is -2.95. The number of aromatic hydroxyl groups is 3. The Morgan fingerprint density at radius 3 is 2.40 bits per heavy atom. The zero-order valence-corrected chi connectivity index (χ0v) is 10.4. The van der Waals surface area contributed by atoms with E-state index in [1.54, 1.807) is 24.3 Å². The molecule has 0 spiro atoms. The molecule has 2 rings (SSSR count). The van der Waals surface area contributed by atoms with Crippen molar-refractivity contribution in [3.05, 3.63) is 54.1 Å². The van der Waals surface area contributed by atoms with Gasteiger partial charge in [0, 0.05) is 6.08 Å². The SMILES string of the molecule is O=C(C=Cc1ccc(O)c(O)c1)Nc1ccccc1O. The van der Waals surface area contributed by atoms with Gasteiger partial charge in [-0.3, -0.25) is 4.79 Å². The van der Waals surface area contributed by atoms with E-state index in [1.807, 2.05) is 0 Å². The topological polar surface area (TPSA) is 89.8 Å². The molecule has 1 amide bonds. The minimum absolute atomic E-state index is 0.0171. The van der Waals surface area contributed by atoms with E-state index in [4.69, 9.17) is 5.11 Å².